The summed E-state index contributed by atoms with van der Waals surface area (Å²) < 4.78 is 0.705. The van der Waals surface area contributed by atoms with E-state index in [1.807, 2.05) is 21.0 Å². The van der Waals surface area contributed by atoms with Crippen LogP contribution in [0.3, 0.4) is 0 Å². The maximum Gasteiger partial charge on any atom is 0.187 e. The first-order valence-electron chi connectivity index (χ1n) is 3.51. The quantitative estimate of drug-likeness (QED) is 0.445. The predicted octanol–water partition coefficient (Wildman–Crippen LogP) is 0.811. The van der Waals surface area contributed by atoms with Crippen molar-refractivity contribution in [2.24, 2.45) is 0 Å². The largest absolute Gasteiger partial charge is 0.345 e. The minimum atomic E-state index is -0.245. The molecule has 0 amide bonds. The summed E-state index contributed by atoms with van der Waals surface area (Å²) >= 11 is 0. The van der Waals surface area contributed by atoms with Gasteiger partial charge < -0.3 is 9.59 Å². The smallest absolute Gasteiger partial charge is 0.187 e. The molecule has 0 saturated heterocycles. The molecule has 2 heteroatoms. The molecule has 1 atom stereocenters. The molecule has 0 fully saturated rings. The van der Waals surface area contributed by atoms with Gasteiger partial charge in [0.1, 0.15) is 0 Å². The van der Waals surface area contributed by atoms with Gasteiger partial charge in [0, 0.05) is 6.92 Å². The molecule has 0 aromatic rings. The Hall–Kier alpha value is -0.0800. The van der Waals surface area contributed by atoms with Crippen LogP contribution in [0.2, 0.25) is 0 Å². The molecule has 0 saturated carbocycles. The fourth-order valence-electron chi connectivity index (χ4n) is 0.763. The summed E-state index contributed by atoms with van der Waals surface area (Å²) in [5.41, 5.74) is 0. The van der Waals surface area contributed by atoms with Crippen LogP contribution in [0.4, 0.5) is 0 Å². The molecule has 2 nitrogen and oxygen atoms in total. The highest BCUT2D eigenvalue weighted by Crippen LogP contribution is 2.03. The lowest BCUT2D eigenvalue weighted by Crippen LogP contribution is -2.47. The standard InChI is InChI=1S/C7H18NO/c1-5-6-8(3,4)7(2)9/h7,9H,5-6H2,1-4H3/q+1. The van der Waals surface area contributed by atoms with E-state index < -0.39 is 0 Å². The number of hydrogen-bond donors (Lipinski definition) is 1. The van der Waals surface area contributed by atoms with E-state index in [9.17, 15) is 5.11 Å². The minimum absolute atomic E-state index is 0.245. The summed E-state index contributed by atoms with van der Waals surface area (Å²) in [5.74, 6) is 0. The van der Waals surface area contributed by atoms with Gasteiger partial charge in [-0.05, 0) is 6.42 Å². The van der Waals surface area contributed by atoms with Gasteiger partial charge in [-0.15, -0.1) is 0 Å². The lowest BCUT2D eigenvalue weighted by Gasteiger charge is -2.32. The Morgan fingerprint density at radius 2 is 1.89 bits per heavy atom. The van der Waals surface area contributed by atoms with Crippen molar-refractivity contribution < 1.29 is 9.59 Å². The molecule has 0 aliphatic carbocycles. The fraction of sp³-hybridized carbons (Fsp3) is 1.00. The second kappa shape index (κ2) is 3.18. The van der Waals surface area contributed by atoms with Crippen LogP contribution in [-0.2, 0) is 0 Å². The van der Waals surface area contributed by atoms with Crippen molar-refractivity contribution in [1.82, 2.24) is 0 Å². The Kier molecular flexibility index (Phi) is 3.15. The van der Waals surface area contributed by atoms with Crippen molar-refractivity contribution in [3.63, 3.8) is 0 Å². The minimum Gasteiger partial charge on any atom is -0.345 e. The van der Waals surface area contributed by atoms with Gasteiger partial charge in [-0.1, -0.05) is 6.92 Å². The van der Waals surface area contributed by atoms with Gasteiger partial charge >= 0.3 is 0 Å². The van der Waals surface area contributed by atoms with E-state index in [1.165, 1.54) is 0 Å². The van der Waals surface area contributed by atoms with Gasteiger partial charge in [0.25, 0.3) is 0 Å². The molecule has 1 N–H and O–H groups in total. The van der Waals surface area contributed by atoms with Gasteiger partial charge in [0.2, 0.25) is 0 Å². The Labute approximate surface area is 57.7 Å². The molecule has 0 spiro atoms. The van der Waals surface area contributed by atoms with Crippen molar-refractivity contribution >= 4 is 0 Å². The third-order valence-corrected chi connectivity index (χ3v) is 1.81. The molecule has 0 bridgehead atoms. The number of rotatable bonds is 3. The van der Waals surface area contributed by atoms with Crippen molar-refractivity contribution in [2.45, 2.75) is 26.5 Å². The van der Waals surface area contributed by atoms with Crippen LogP contribution in [0.25, 0.3) is 0 Å². The summed E-state index contributed by atoms with van der Waals surface area (Å²) in [4.78, 5) is 0. The van der Waals surface area contributed by atoms with Gasteiger partial charge in [0.05, 0.1) is 20.6 Å². The highest BCUT2D eigenvalue weighted by Gasteiger charge is 2.18. The van der Waals surface area contributed by atoms with Crippen LogP contribution in [0.15, 0.2) is 0 Å². The lowest BCUT2D eigenvalue weighted by molar-refractivity contribution is -0.934. The van der Waals surface area contributed by atoms with E-state index in [1.54, 1.807) is 0 Å². The van der Waals surface area contributed by atoms with Crippen molar-refractivity contribution in [3.05, 3.63) is 0 Å². The average Bonchev–Trinajstić information content (AvgIpc) is 1.65. The SMILES string of the molecule is CCC[N+](C)(C)C(C)O. The zero-order valence-corrected chi connectivity index (χ0v) is 6.89. The number of aliphatic hydroxyl groups excluding tert-OH is 1. The maximum atomic E-state index is 9.18. The molecule has 0 aromatic carbocycles. The normalized spacial score (nSPS) is 15.7. The maximum absolute atomic E-state index is 9.18. The van der Waals surface area contributed by atoms with E-state index in [0.29, 0.717) is 4.48 Å². The van der Waals surface area contributed by atoms with E-state index in [0.717, 1.165) is 13.0 Å². The molecular formula is C7H18NO+. The van der Waals surface area contributed by atoms with Gasteiger partial charge in [0.15, 0.2) is 6.23 Å². The van der Waals surface area contributed by atoms with Gasteiger partial charge in [-0.25, -0.2) is 0 Å². The molecule has 1 unspecified atom stereocenters. The predicted molar refractivity (Wildman–Crippen MR) is 38.9 cm³/mol. The highest BCUT2D eigenvalue weighted by atomic mass is 16.3. The zero-order chi connectivity index (χ0) is 7.49. The van der Waals surface area contributed by atoms with Crippen LogP contribution in [0, 0.1) is 0 Å². The van der Waals surface area contributed by atoms with Crippen molar-refractivity contribution in [1.29, 1.82) is 0 Å². The van der Waals surface area contributed by atoms with Crippen LogP contribution in [0.5, 0.6) is 0 Å². The average molecular weight is 132 g/mol. The molecule has 56 valence electrons. The van der Waals surface area contributed by atoms with E-state index in [-0.39, 0.29) is 6.23 Å². The second-order valence-electron chi connectivity index (χ2n) is 3.13. The molecule has 0 radical (unpaired) electrons. The Morgan fingerprint density at radius 1 is 1.44 bits per heavy atom. The molecule has 0 aliphatic heterocycles. The first-order valence-corrected chi connectivity index (χ1v) is 3.51. The summed E-state index contributed by atoms with van der Waals surface area (Å²) in [7, 11) is 4.07. The number of quaternary nitrogens is 1. The number of hydrogen-bond acceptors (Lipinski definition) is 1. The van der Waals surface area contributed by atoms with E-state index in [4.69, 9.17) is 0 Å². The third-order valence-electron chi connectivity index (χ3n) is 1.81. The number of nitrogens with zero attached hydrogens (tertiary/aromatic N) is 1. The fourth-order valence-corrected chi connectivity index (χ4v) is 0.763. The zero-order valence-electron chi connectivity index (χ0n) is 6.89. The molecule has 0 aromatic heterocycles. The summed E-state index contributed by atoms with van der Waals surface area (Å²) in [5, 5.41) is 9.18. The molecular weight excluding hydrogens is 114 g/mol. The Balaban J connectivity index is 3.70. The van der Waals surface area contributed by atoms with E-state index >= 15 is 0 Å². The van der Waals surface area contributed by atoms with Crippen molar-refractivity contribution in [2.75, 3.05) is 20.6 Å². The molecule has 0 heterocycles. The topological polar surface area (TPSA) is 20.2 Å². The second-order valence-corrected chi connectivity index (χ2v) is 3.13. The first-order chi connectivity index (χ1) is 4.00. The molecule has 9 heavy (non-hydrogen) atoms. The van der Waals surface area contributed by atoms with Crippen LogP contribution in [0.1, 0.15) is 20.3 Å². The summed E-state index contributed by atoms with van der Waals surface area (Å²) in [6, 6.07) is 0. The Morgan fingerprint density at radius 3 is 2.00 bits per heavy atom. The Bertz CT molecular complexity index is 79.0. The van der Waals surface area contributed by atoms with Crippen molar-refractivity contribution in [3.8, 4) is 0 Å². The lowest BCUT2D eigenvalue weighted by atomic mass is 10.3. The number of aliphatic hydroxyl groups is 1. The third kappa shape index (κ3) is 2.82. The monoisotopic (exact) mass is 132 g/mol. The summed E-state index contributed by atoms with van der Waals surface area (Å²) in [6.45, 7) is 5.00. The van der Waals surface area contributed by atoms with Crippen LogP contribution in [-0.4, -0.2) is 36.5 Å². The van der Waals surface area contributed by atoms with E-state index in [2.05, 4.69) is 6.92 Å². The summed E-state index contributed by atoms with van der Waals surface area (Å²) in [6.07, 6.45) is 0.878. The first kappa shape index (κ1) is 8.92. The van der Waals surface area contributed by atoms with Gasteiger partial charge in [-0.2, -0.15) is 0 Å². The van der Waals surface area contributed by atoms with Crippen LogP contribution < -0.4 is 0 Å². The molecule has 0 aliphatic rings. The van der Waals surface area contributed by atoms with Crippen LogP contribution >= 0.6 is 0 Å². The highest BCUT2D eigenvalue weighted by molar-refractivity contribution is 4.30. The molecule has 0 rings (SSSR count). The van der Waals surface area contributed by atoms with Gasteiger partial charge in [-0.3, -0.25) is 0 Å².